The number of aromatic nitrogens is 2. The molecule has 0 N–H and O–H groups in total. The molecule has 0 atom stereocenters. The standard InChI is InChI=1S/C17H12N2O3S/c1-9-3-5-13-11(7-9)8-12(17(20)21-13)16-18-15(19-22-16)14-6-4-10(2)23-14/h3-8H,1-2H3. The molecule has 5 nitrogen and oxygen atoms in total. The summed E-state index contributed by atoms with van der Waals surface area (Å²) in [5, 5.41) is 4.78. The molecular weight excluding hydrogens is 312 g/mol. The van der Waals surface area contributed by atoms with Crippen LogP contribution >= 0.6 is 11.3 Å². The zero-order valence-electron chi connectivity index (χ0n) is 12.5. The highest BCUT2D eigenvalue weighted by Crippen LogP contribution is 2.27. The third-order valence-corrected chi connectivity index (χ3v) is 4.50. The normalized spacial score (nSPS) is 11.2. The van der Waals surface area contributed by atoms with E-state index in [0.717, 1.165) is 20.7 Å². The second-order valence-corrected chi connectivity index (χ2v) is 6.61. The van der Waals surface area contributed by atoms with Crippen molar-refractivity contribution in [2.24, 2.45) is 0 Å². The Morgan fingerprint density at radius 3 is 2.74 bits per heavy atom. The van der Waals surface area contributed by atoms with Gasteiger partial charge >= 0.3 is 5.63 Å². The molecule has 0 aliphatic rings. The molecule has 0 amide bonds. The lowest BCUT2D eigenvalue weighted by molar-refractivity contribution is 0.429. The van der Waals surface area contributed by atoms with E-state index in [1.54, 1.807) is 23.5 Å². The molecule has 0 saturated heterocycles. The van der Waals surface area contributed by atoms with Gasteiger partial charge in [-0.05, 0) is 44.2 Å². The van der Waals surface area contributed by atoms with E-state index in [9.17, 15) is 4.79 Å². The van der Waals surface area contributed by atoms with Gasteiger partial charge in [-0.2, -0.15) is 4.98 Å². The fourth-order valence-electron chi connectivity index (χ4n) is 2.38. The molecule has 114 valence electrons. The smallest absolute Gasteiger partial charge is 0.349 e. The topological polar surface area (TPSA) is 69.1 Å². The molecular formula is C17H12N2O3S. The van der Waals surface area contributed by atoms with E-state index in [0.29, 0.717) is 11.4 Å². The number of thiophene rings is 1. The second-order valence-electron chi connectivity index (χ2n) is 5.32. The zero-order chi connectivity index (χ0) is 16.0. The van der Waals surface area contributed by atoms with Gasteiger partial charge in [-0.15, -0.1) is 11.3 Å². The average molecular weight is 324 g/mol. The van der Waals surface area contributed by atoms with Crippen LogP contribution in [0.15, 0.2) is 50.1 Å². The number of hydrogen-bond donors (Lipinski definition) is 0. The van der Waals surface area contributed by atoms with Crippen LogP contribution in [-0.2, 0) is 0 Å². The summed E-state index contributed by atoms with van der Waals surface area (Å²) in [5.41, 5.74) is 1.41. The minimum atomic E-state index is -0.487. The van der Waals surface area contributed by atoms with Gasteiger partial charge in [0.15, 0.2) is 0 Å². The monoisotopic (exact) mass is 324 g/mol. The second kappa shape index (κ2) is 5.17. The molecule has 23 heavy (non-hydrogen) atoms. The predicted octanol–water partition coefficient (Wildman–Crippen LogP) is 4.19. The Bertz CT molecular complexity index is 1070. The largest absolute Gasteiger partial charge is 0.422 e. The maximum absolute atomic E-state index is 12.2. The summed E-state index contributed by atoms with van der Waals surface area (Å²) < 4.78 is 10.6. The van der Waals surface area contributed by atoms with Crippen molar-refractivity contribution in [2.75, 3.05) is 0 Å². The van der Waals surface area contributed by atoms with E-state index in [1.807, 2.05) is 38.1 Å². The molecule has 0 radical (unpaired) electrons. The molecule has 4 aromatic rings. The van der Waals surface area contributed by atoms with E-state index in [-0.39, 0.29) is 11.5 Å². The van der Waals surface area contributed by atoms with Crippen molar-refractivity contribution in [2.45, 2.75) is 13.8 Å². The fourth-order valence-corrected chi connectivity index (χ4v) is 3.17. The van der Waals surface area contributed by atoms with Gasteiger partial charge in [-0.3, -0.25) is 0 Å². The van der Waals surface area contributed by atoms with E-state index in [4.69, 9.17) is 8.94 Å². The van der Waals surface area contributed by atoms with Gasteiger partial charge in [-0.1, -0.05) is 16.8 Å². The molecule has 0 unspecified atom stereocenters. The van der Waals surface area contributed by atoms with E-state index in [2.05, 4.69) is 10.1 Å². The molecule has 0 saturated carbocycles. The Balaban J connectivity index is 1.84. The van der Waals surface area contributed by atoms with Crippen molar-refractivity contribution < 1.29 is 8.94 Å². The number of rotatable bonds is 2. The SMILES string of the molecule is Cc1ccc2oc(=O)c(-c3nc(-c4ccc(C)s4)no3)cc2c1. The molecule has 0 fully saturated rings. The molecule has 0 aliphatic heterocycles. The molecule has 3 aromatic heterocycles. The van der Waals surface area contributed by atoms with E-state index >= 15 is 0 Å². The lowest BCUT2D eigenvalue weighted by atomic mass is 10.1. The molecule has 3 heterocycles. The van der Waals surface area contributed by atoms with Crippen LogP contribution in [0, 0.1) is 13.8 Å². The van der Waals surface area contributed by atoms with Crippen LogP contribution in [0.2, 0.25) is 0 Å². The van der Waals surface area contributed by atoms with Crippen molar-refractivity contribution in [1.29, 1.82) is 0 Å². The van der Waals surface area contributed by atoms with Gasteiger partial charge in [-0.25, -0.2) is 4.79 Å². The molecule has 1 aromatic carbocycles. The van der Waals surface area contributed by atoms with Gasteiger partial charge in [0.25, 0.3) is 5.89 Å². The van der Waals surface area contributed by atoms with E-state index in [1.165, 1.54) is 0 Å². The fraction of sp³-hybridized carbons (Fsp3) is 0.118. The highest BCUT2D eigenvalue weighted by Gasteiger charge is 2.16. The predicted molar refractivity (Wildman–Crippen MR) is 88.6 cm³/mol. The van der Waals surface area contributed by atoms with Crippen LogP contribution in [0.4, 0.5) is 0 Å². The first kappa shape index (κ1) is 13.9. The van der Waals surface area contributed by atoms with Gasteiger partial charge in [0.1, 0.15) is 11.1 Å². The van der Waals surface area contributed by atoms with Crippen LogP contribution in [0.3, 0.4) is 0 Å². The van der Waals surface area contributed by atoms with Crippen molar-refractivity contribution in [3.8, 4) is 22.2 Å². The summed E-state index contributed by atoms with van der Waals surface area (Å²) in [4.78, 5) is 18.6. The maximum Gasteiger partial charge on any atom is 0.349 e. The molecule has 0 spiro atoms. The van der Waals surface area contributed by atoms with Crippen molar-refractivity contribution in [3.63, 3.8) is 0 Å². The van der Waals surface area contributed by atoms with E-state index < -0.39 is 5.63 Å². The molecule has 4 rings (SSSR count). The van der Waals surface area contributed by atoms with Crippen molar-refractivity contribution in [3.05, 3.63) is 57.3 Å². The summed E-state index contributed by atoms with van der Waals surface area (Å²) in [7, 11) is 0. The Labute approximate surface area is 135 Å². The minimum absolute atomic E-state index is 0.170. The zero-order valence-corrected chi connectivity index (χ0v) is 13.3. The summed E-state index contributed by atoms with van der Waals surface area (Å²) in [6.45, 7) is 3.99. The molecule has 0 aliphatic carbocycles. The number of aryl methyl sites for hydroxylation is 2. The van der Waals surface area contributed by atoms with Gasteiger partial charge in [0.2, 0.25) is 5.82 Å². The van der Waals surface area contributed by atoms with Crippen LogP contribution < -0.4 is 5.63 Å². The first-order valence-electron chi connectivity index (χ1n) is 7.05. The van der Waals surface area contributed by atoms with Gasteiger partial charge in [0.05, 0.1) is 4.88 Å². The van der Waals surface area contributed by atoms with Crippen molar-refractivity contribution in [1.82, 2.24) is 10.1 Å². The quantitative estimate of drug-likeness (QED) is 0.517. The van der Waals surface area contributed by atoms with Crippen molar-refractivity contribution >= 4 is 22.3 Å². The van der Waals surface area contributed by atoms with Gasteiger partial charge < -0.3 is 8.94 Å². The minimum Gasteiger partial charge on any atom is -0.422 e. The summed E-state index contributed by atoms with van der Waals surface area (Å²) in [5.74, 6) is 0.644. The average Bonchev–Trinajstić information content (AvgIpc) is 3.16. The number of hydrogen-bond acceptors (Lipinski definition) is 6. The Morgan fingerprint density at radius 2 is 1.96 bits per heavy atom. The summed E-state index contributed by atoms with van der Waals surface area (Å²) in [6.07, 6.45) is 0. The van der Waals surface area contributed by atoms with Crippen LogP contribution in [0.5, 0.6) is 0 Å². The Hall–Kier alpha value is -2.73. The highest BCUT2D eigenvalue weighted by molar-refractivity contribution is 7.15. The van der Waals surface area contributed by atoms with Crippen LogP contribution in [-0.4, -0.2) is 10.1 Å². The summed E-state index contributed by atoms with van der Waals surface area (Å²) >= 11 is 1.57. The molecule has 6 heteroatoms. The Morgan fingerprint density at radius 1 is 1.09 bits per heavy atom. The third kappa shape index (κ3) is 2.47. The lowest BCUT2D eigenvalue weighted by Crippen LogP contribution is -2.02. The third-order valence-electron chi connectivity index (χ3n) is 3.50. The van der Waals surface area contributed by atoms with Crippen LogP contribution in [0.25, 0.3) is 33.1 Å². The first-order chi connectivity index (χ1) is 11.1. The Kier molecular flexibility index (Phi) is 3.12. The van der Waals surface area contributed by atoms with Gasteiger partial charge in [0, 0.05) is 10.3 Å². The summed E-state index contributed by atoms with van der Waals surface area (Å²) in [6, 6.07) is 11.3. The van der Waals surface area contributed by atoms with Crippen LogP contribution in [0.1, 0.15) is 10.4 Å². The number of nitrogens with zero attached hydrogens (tertiary/aromatic N) is 2. The number of fused-ring (bicyclic) bond motifs is 1. The highest BCUT2D eigenvalue weighted by atomic mass is 32.1. The lowest BCUT2D eigenvalue weighted by Gasteiger charge is -1.99. The first-order valence-corrected chi connectivity index (χ1v) is 7.87. The number of benzene rings is 1. The molecule has 0 bridgehead atoms. The maximum atomic E-state index is 12.2.